The number of aryl methyl sites for hydroxylation is 1. The van der Waals surface area contributed by atoms with Crippen LogP contribution in [-0.4, -0.2) is 25.8 Å². The van der Waals surface area contributed by atoms with Gasteiger partial charge in [0, 0.05) is 33.9 Å². The van der Waals surface area contributed by atoms with Gasteiger partial charge in [0.25, 0.3) is 0 Å². The highest BCUT2D eigenvalue weighted by Crippen LogP contribution is 2.43. The highest BCUT2D eigenvalue weighted by Gasteiger charge is 2.18. The van der Waals surface area contributed by atoms with Crippen LogP contribution in [0.4, 0.5) is 0 Å². The molecule has 1 aromatic carbocycles. The summed E-state index contributed by atoms with van der Waals surface area (Å²) in [5, 5.41) is 0. The smallest absolute Gasteiger partial charge is 0.240 e. The van der Waals surface area contributed by atoms with Gasteiger partial charge in [0.2, 0.25) is 8.87 Å². The molecule has 0 atom stereocenters. The van der Waals surface area contributed by atoms with Crippen LogP contribution in [-0.2, 0) is 8.87 Å². The zero-order valence-corrected chi connectivity index (χ0v) is 14.0. The van der Waals surface area contributed by atoms with Crippen molar-refractivity contribution in [2.24, 2.45) is 0 Å². The molecule has 1 aromatic rings. The zero-order chi connectivity index (χ0) is 13.7. The van der Waals surface area contributed by atoms with E-state index in [1.807, 2.05) is 19.1 Å². The summed E-state index contributed by atoms with van der Waals surface area (Å²) in [6, 6.07) is 7.00. The van der Waals surface area contributed by atoms with Crippen LogP contribution in [0.2, 0.25) is 0 Å². The zero-order valence-electron chi connectivity index (χ0n) is 10.7. The van der Waals surface area contributed by atoms with Crippen molar-refractivity contribution >= 4 is 39.5 Å². The molecule has 1 saturated heterocycles. The van der Waals surface area contributed by atoms with Gasteiger partial charge in [-0.1, -0.05) is 24.1 Å². The maximum Gasteiger partial charge on any atom is 0.240 e. The molecule has 0 N–H and O–H groups in total. The fourth-order valence-corrected chi connectivity index (χ4v) is 9.49. The number of rotatable bonds is 5. The normalized spacial score (nSPS) is 17.5. The maximum absolute atomic E-state index is 12.1. The van der Waals surface area contributed by atoms with Crippen molar-refractivity contribution in [3.05, 3.63) is 29.8 Å². The van der Waals surface area contributed by atoms with E-state index in [-0.39, 0.29) is 0 Å². The molecule has 0 bridgehead atoms. The molecular weight excluding hydrogens is 318 g/mol. The Morgan fingerprint density at radius 3 is 2.32 bits per heavy atom. The van der Waals surface area contributed by atoms with Gasteiger partial charge in [-0.05, 0) is 31.9 Å². The lowest BCUT2D eigenvalue weighted by molar-refractivity contribution is 0.384. The largest absolute Gasteiger partial charge is 0.241 e. The average Bonchev–Trinajstić information content (AvgIpc) is 2.40. The first-order valence-corrected chi connectivity index (χ1v) is 11.6. The molecule has 0 amide bonds. The summed E-state index contributed by atoms with van der Waals surface area (Å²) in [6.45, 7) is 4.07. The van der Waals surface area contributed by atoms with E-state index in [0.717, 1.165) is 28.5 Å². The molecule has 1 aliphatic rings. The second-order valence-corrected chi connectivity index (χ2v) is 11.8. The highest BCUT2D eigenvalue weighted by atomic mass is 33.7. The molecule has 0 aromatic heterocycles. The summed E-state index contributed by atoms with van der Waals surface area (Å²) < 4.78 is 26.4. The van der Waals surface area contributed by atoms with Crippen molar-refractivity contribution in [2.45, 2.75) is 31.1 Å². The topological polar surface area (TPSA) is 37.4 Å². The lowest BCUT2D eigenvalue weighted by Gasteiger charge is -2.23. The Morgan fingerprint density at radius 2 is 1.68 bits per heavy atom. The van der Waals surface area contributed by atoms with Crippen molar-refractivity contribution in [2.75, 3.05) is 13.1 Å². The Bertz CT molecular complexity index is 495. The molecule has 0 radical (unpaired) electrons. The van der Waals surface area contributed by atoms with Crippen molar-refractivity contribution in [3.8, 4) is 0 Å². The number of nitrogens with zero attached hydrogens (tertiary/aromatic N) is 1. The van der Waals surface area contributed by atoms with Gasteiger partial charge in [-0.25, -0.2) is 12.7 Å². The van der Waals surface area contributed by atoms with E-state index in [0.29, 0.717) is 4.90 Å². The first-order valence-electron chi connectivity index (χ1n) is 6.17. The summed E-state index contributed by atoms with van der Waals surface area (Å²) in [7, 11) is 0.589. The third-order valence-electron chi connectivity index (χ3n) is 2.88. The average molecular weight is 336 g/mol. The predicted octanol–water partition coefficient (Wildman–Crippen LogP) is 4.11. The van der Waals surface area contributed by atoms with Crippen LogP contribution in [0.3, 0.4) is 0 Å². The monoisotopic (exact) mass is 335 g/mol. The summed E-state index contributed by atoms with van der Waals surface area (Å²) in [5.41, 5.74) is 1.07. The van der Waals surface area contributed by atoms with Gasteiger partial charge in [-0.3, -0.25) is 0 Å². The number of piperidine rings is 1. The second kappa shape index (κ2) is 7.26. The standard InChI is InChI=1S/C12H17NO2S4/c1-11-5-7-12(8-6-11)19(14,15)18-17-16-13-9-3-2-4-10-13/h5-8H,2-4,9-10H2,1H3. The molecule has 1 heterocycles. The van der Waals surface area contributed by atoms with E-state index in [9.17, 15) is 8.42 Å². The molecule has 106 valence electrons. The maximum atomic E-state index is 12.1. The Kier molecular flexibility index (Phi) is 5.95. The molecule has 19 heavy (non-hydrogen) atoms. The van der Waals surface area contributed by atoms with E-state index in [1.165, 1.54) is 29.1 Å². The third-order valence-corrected chi connectivity index (χ3v) is 10.9. The second-order valence-electron chi connectivity index (χ2n) is 4.47. The number of hydrogen-bond acceptors (Lipinski definition) is 6. The quantitative estimate of drug-likeness (QED) is 0.595. The van der Waals surface area contributed by atoms with Crippen LogP contribution < -0.4 is 0 Å². The van der Waals surface area contributed by atoms with Crippen molar-refractivity contribution < 1.29 is 8.42 Å². The van der Waals surface area contributed by atoms with Gasteiger partial charge in [0.15, 0.2) is 0 Å². The summed E-state index contributed by atoms with van der Waals surface area (Å²) in [6.07, 6.45) is 3.71. The molecule has 3 nitrogen and oxygen atoms in total. The van der Waals surface area contributed by atoms with Gasteiger partial charge in [-0.15, -0.1) is 0 Å². The lowest BCUT2D eigenvalue weighted by atomic mass is 10.2. The number of hydrogen-bond donors (Lipinski definition) is 0. The van der Waals surface area contributed by atoms with Crippen molar-refractivity contribution in [1.29, 1.82) is 0 Å². The van der Waals surface area contributed by atoms with Crippen LogP contribution in [0.1, 0.15) is 24.8 Å². The summed E-state index contributed by atoms with van der Waals surface area (Å²) in [4.78, 5) is 0.384. The SMILES string of the molecule is Cc1ccc(S(=O)(=O)SSSN2CCCCC2)cc1. The van der Waals surface area contributed by atoms with Gasteiger partial charge in [0.1, 0.15) is 0 Å². The first-order chi connectivity index (χ1) is 9.08. The molecule has 1 fully saturated rings. The van der Waals surface area contributed by atoms with E-state index in [4.69, 9.17) is 0 Å². The van der Waals surface area contributed by atoms with Gasteiger partial charge in [-0.2, -0.15) is 0 Å². The first kappa shape index (κ1) is 15.6. The van der Waals surface area contributed by atoms with E-state index < -0.39 is 8.87 Å². The van der Waals surface area contributed by atoms with Crippen LogP contribution in [0, 0.1) is 6.92 Å². The molecular formula is C12H17NO2S4. The van der Waals surface area contributed by atoms with Gasteiger partial charge in [0.05, 0.1) is 14.7 Å². The van der Waals surface area contributed by atoms with Crippen LogP contribution in [0.25, 0.3) is 0 Å². The predicted molar refractivity (Wildman–Crippen MR) is 86.6 cm³/mol. The molecule has 7 heteroatoms. The van der Waals surface area contributed by atoms with Crippen molar-refractivity contribution in [1.82, 2.24) is 4.31 Å². The van der Waals surface area contributed by atoms with Gasteiger partial charge >= 0.3 is 0 Å². The molecule has 0 unspecified atom stereocenters. The molecule has 2 rings (SSSR count). The lowest BCUT2D eigenvalue weighted by Crippen LogP contribution is -2.21. The van der Waals surface area contributed by atoms with Crippen LogP contribution in [0.5, 0.6) is 0 Å². The Hall–Kier alpha value is 0.180. The van der Waals surface area contributed by atoms with E-state index >= 15 is 0 Å². The molecule has 1 aliphatic heterocycles. The Morgan fingerprint density at radius 1 is 1.05 bits per heavy atom. The van der Waals surface area contributed by atoms with E-state index in [1.54, 1.807) is 23.1 Å². The van der Waals surface area contributed by atoms with E-state index in [2.05, 4.69) is 4.31 Å². The van der Waals surface area contributed by atoms with Crippen LogP contribution >= 0.6 is 30.6 Å². The Labute approximate surface area is 126 Å². The fourth-order valence-electron chi connectivity index (χ4n) is 1.78. The van der Waals surface area contributed by atoms with Crippen molar-refractivity contribution in [3.63, 3.8) is 0 Å². The minimum absolute atomic E-state index is 0.384. The molecule has 0 saturated carbocycles. The molecule has 0 aliphatic carbocycles. The highest BCUT2D eigenvalue weighted by molar-refractivity contribution is 9.24. The minimum atomic E-state index is -3.25. The Balaban J connectivity index is 1.85. The minimum Gasteiger partial charge on any atom is -0.241 e. The molecule has 0 spiro atoms. The third kappa shape index (κ3) is 4.90. The summed E-state index contributed by atoms with van der Waals surface area (Å²) >= 11 is 0. The number of benzene rings is 1. The summed E-state index contributed by atoms with van der Waals surface area (Å²) in [5.74, 6) is 0. The van der Waals surface area contributed by atoms with Gasteiger partial charge < -0.3 is 0 Å². The fraction of sp³-hybridized carbons (Fsp3) is 0.500. The van der Waals surface area contributed by atoms with Crippen LogP contribution in [0.15, 0.2) is 29.2 Å².